The molecule has 0 saturated heterocycles. The van der Waals surface area contributed by atoms with E-state index < -0.39 is 0 Å². The van der Waals surface area contributed by atoms with Gasteiger partial charge in [-0.2, -0.15) is 0 Å². The Hall–Kier alpha value is -3.41. The van der Waals surface area contributed by atoms with Gasteiger partial charge in [-0.15, -0.1) is 0 Å². The molecule has 0 bridgehead atoms. The molecule has 2 N–H and O–H groups in total. The van der Waals surface area contributed by atoms with Crippen LogP contribution in [0.2, 0.25) is 0 Å². The van der Waals surface area contributed by atoms with Crippen molar-refractivity contribution in [3.63, 3.8) is 0 Å². The molecule has 0 aliphatic carbocycles. The second-order valence-electron chi connectivity index (χ2n) is 6.52. The molecule has 0 aliphatic rings. The Labute approximate surface area is 165 Å². The molecule has 1 heterocycles. The van der Waals surface area contributed by atoms with E-state index >= 15 is 0 Å². The largest absolute Gasteiger partial charge is 0.462 e. The number of carbonyl (C=O) groups is 1. The number of benzene rings is 2. The molecular formula is C22H24N4O2. The maximum absolute atomic E-state index is 12.2. The van der Waals surface area contributed by atoms with Crippen molar-refractivity contribution >= 4 is 29.0 Å². The number of ether oxygens (including phenoxy) is 1. The van der Waals surface area contributed by atoms with Crippen molar-refractivity contribution in [1.29, 1.82) is 0 Å². The number of rotatable bonds is 6. The fourth-order valence-electron chi connectivity index (χ4n) is 2.82. The summed E-state index contributed by atoms with van der Waals surface area (Å²) < 4.78 is 5.13. The average molecular weight is 376 g/mol. The van der Waals surface area contributed by atoms with Crippen LogP contribution in [0.4, 0.5) is 23.0 Å². The van der Waals surface area contributed by atoms with E-state index in [1.54, 1.807) is 19.1 Å². The molecule has 0 atom stereocenters. The number of anilines is 4. The molecule has 0 radical (unpaired) electrons. The van der Waals surface area contributed by atoms with E-state index in [0.29, 0.717) is 35.3 Å². The third-order valence-corrected chi connectivity index (χ3v) is 4.18. The van der Waals surface area contributed by atoms with E-state index in [4.69, 9.17) is 4.74 Å². The van der Waals surface area contributed by atoms with Crippen LogP contribution in [0, 0.1) is 20.8 Å². The van der Waals surface area contributed by atoms with Crippen LogP contribution in [0.3, 0.4) is 0 Å². The number of esters is 1. The molecule has 0 saturated carbocycles. The first-order chi connectivity index (χ1) is 13.5. The Morgan fingerprint density at radius 2 is 1.61 bits per heavy atom. The summed E-state index contributed by atoms with van der Waals surface area (Å²) in [6.07, 6.45) is 0. The Morgan fingerprint density at radius 1 is 0.929 bits per heavy atom. The maximum atomic E-state index is 12.2. The normalized spacial score (nSPS) is 10.4. The highest BCUT2D eigenvalue weighted by atomic mass is 16.5. The van der Waals surface area contributed by atoms with Gasteiger partial charge < -0.3 is 15.4 Å². The predicted octanol–water partition coefficient (Wildman–Crippen LogP) is 5.07. The minimum Gasteiger partial charge on any atom is -0.462 e. The van der Waals surface area contributed by atoms with Gasteiger partial charge in [0.05, 0.1) is 17.9 Å². The number of nitrogens with zero attached hydrogens (tertiary/aromatic N) is 2. The summed E-state index contributed by atoms with van der Waals surface area (Å²) in [6, 6.07) is 15.2. The van der Waals surface area contributed by atoms with E-state index in [1.807, 2.05) is 32.0 Å². The number of aromatic nitrogens is 2. The Bertz CT molecular complexity index is 1000. The van der Waals surface area contributed by atoms with Crippen molar-refractivity contribution in [2.75, 3.05) is 17.2 Å². The second-order valence-corrected chi connectivity index (χ2v) is 6.52. The van der Waals surface area contributed by atoms with Crippen molar-refractivity contribution < 1.29 is 9.53 Å². The van der Waals surface area contributed by atoms with Crippen molar-refractivity contribution in [1.82, 2.24) is 9.97 Å². The lowest BCUT2D eigenvalue weighted by atomic mass is 10.1. The molecule has 6 heteroatoms. The molecular weight excluding hydrogens is 352 g/mol. The fraction of sp³-hybridized carbons (Fsp3) is 0.227. The summed E-state index contributed by atoms with van der Waals surface area (Å²) in [4.78, 5) is 21.1. The van der Waals surface area contributed by atoms with Crippen molar-refractivity contribution in [2.24, 2.45) is 0 Å². The fourth-order valence-corrected chi connectivity index (χ4v) is 2.82. The van der Waals surface area contributed by atoms with Gasteiger partial charge >= 0.3 is 5.97 Å². The first-order valence-corrected chi connectivity index (χ1v) is 9.19. The lowest BCUT2D eigenvalue weighted by molar-refractivity contribution is 0.0527. The Morgan fingerprint density at radius 3 is 2.32 bits per heavy atom. The summed E-state index contributed by atoms with van der Waals surface area (Å²) in [5.74, 6) is 1.52. The van der Waals surface area contributed by atoms with E-state index in [-0.39, 0.29) is 5.97 Å². The number of para-hydroxylation sites is 1. The van der Waals surface area contributed by atoms with Crippen LogP contribution in [0.15, 0.2) is 48.5 Å². The van der Waals surface area contributed by atoms with Crippen LogP contribution < -0.4 is 10.6 Å². The average Bonchev–Trinajstić information content (AvgIpc) is 2.65. The van der Waals surface area contributed by atoms with Gasteiger partial charge in [0, 0.05) is 11.8 Å². The van der Waals surface area contributed by atoms with E-state index in [1.165, 1.54) is 5.56 Å². The van der Waals surface area contributed by atoms with Gasteiger partial charge in [0.1, 0.15) is 17.5 Å². The minimum absolute atomic E-state index is 0.323. The molecule has 0 amide bonds. The van der Waals surface area contributed by atoms with Gasteiger partial charge in [-0.05, 0) is 57.0 Å². The number of hydrogen-bond donors (Lipinski definition) is 2. The zero-order chi connectivity index (χ0) is 20.1. The van der Waals surface area contributed by atoms with Crippen LogP contribution in [-0.4, -0.2) is 22.5 Å². The van der Waals surface area contributed by atoms with Crippen molar-refractivity contribution in [3.8, 4) is 0 Å². The van der Waals surface area contributed by atoms with Gasteiger partial charge in [0.2, 0.25) is 0 Å². The summed E-state index contributed by atoms with van der Waals surface area (Å²) in [5, 5.41) is 6.57. The van der Waals surface area contributed by atoms with Crippen LogP contribution in [0.25, 0.3) is 0 Å². The van der Waals surface area contributed by atoms with E-state index in [9.17, 15) is 4.79 Å². The second kappa shape index (κ2) is 8.52. The lowest BCUT2D eigenvalue weighted by Crippen LogP contribution is -2.09. The molecule has 3 aromatic rings. The van der Waals surface area contributed by atoms with E-state index in [2.05, 4.69) is 45.7 Å². The minimum atomic E-state index is -0.370. The summed E-state index contributed by atoms with van der Waals surface area (Å²) >= 11 is 0. The zero-order valence-corrected chi connectivity index (χ0v) is 16.5. The summed E-state index contributed by atoms with van der Waals surface area (Å²) in [6.45, 7) is 8.03. The van der Waals surface area contributed by atoms with Crippen molar-refractivity contribution in [2.45, 2.75) is 27.7 Å². The molecule has 2 aromatic carbocycles. The van der Waals surface area contributed by atoms with E-state index in [0.717, 1.165) is 11.3 Å². The molecule has 1 aromatic heterocycles. The molecule has 28 heavy (non-hydrogen) atoms. The Kier molecular flexibility index (Phi) is 5.89. The van der Waals surface area contributed by atoms with Crippen LogP contribution >= 0.6 is 0 Å². The van der Waals surface area contributed by atoms with Crippen LogP contribution in [0.5, 0.6) is 0 Å². The number of nitrogens with one attached hydrogen (secondary N) is 2. The smallest absolute Gasteiger partial charge is 0.340 e. The number of aryl methyl sites for hydroxylation is 3. The molecule has 0 unspecified atom stereocenters. The molecule has 3 rings (SSSR count). The lowest BCUT2D eigenvalue weighted by Gasteiger charge is -2.14. The van der Waals surface area contributed by atoms with Crippen LogP contribution in [-0.2, 0) is 4.74 Å². The van der Waals surface area contributed by atoms with Gasteiger partial charge in [-0.25, -0.2) is 14.8 Å². The zero-order valence-electron chi connectivity index (χ0n) is 16.5. The summed E-state index contributed by atoms with van der Waals surface area (Å²) in [7, 11) is 0. The third-order valence-electron chi connectivity index (χ3n) is 4.18. The van der Waals surface area contributed by atoms with Gasteiger partial charge in [0.25, 0.3) is 0 Å². The van der Waals surface area contributed by atoms with Gasteiger partial charge in [-0.1, -0.05) is 24.3 Å². The predicted molar refractivity (Wildman–Crippen MR) is 112 cm³/mol. The number of carbonyl (C=O) groups excluding carboxylic acids is 1. The number of hydrogen-bond acceptors (Lipinski definition) is 6. The SMILES string of the molecule is CCOC(=O)c1ccccc1Nc1cc(Nc2cc(C)ccc2C)nc(C)n1. The first-order valence-electron chi connectivity index (χ1n) is 9.19. The highest BCUT2D eigenvalue weighted by molar-refractivity contribution is 5.96. The van der Waals surface area contributed by atoms with Crippen LogP contribution in [0.1, 0.15) is 34.2 Å². The summed E-state index contributed by atoms with van der Waals surface area (Å²) in [5.41, 5.74) is 4.39. The molecule has 0 aliphatic heterocycles. The highest BCUT2D eigenvalue weighted by Gasteiger charge is 2.13. The Balaban J connectivity index is 1.89. The highest BCUT2D eigenvalue weighted by Crippen LogP contribution is 2.25. The molecule has 6 nitrogen and oxygen atoms in total. The molecule has 0 fully saturated rings. The molecule has 0 spiro atoms. The third kappa shape index (κ3) is 4.65. The van der Waals surface area contributed by atoms with Gasteiger partial charge in [-0.3, -0.25) is 0 Å². The standard InChI is InChI=1S/C22H24N4O2/c1-5-28-22(27)17-8-6-7-9-18(17)25-20-13-21(24-16(4)23-20)26-19-12-14(2)10-11-15(19)3/h6-13H,5H2,1-4H3,(H2,23,24,25,26). The monoisotopic (exact) mass is 376 g/mol. The maximum Gasteiger partial charge on any atom is 0.340 e. The van der Waals surface area contributed by atoms with Crippen molar-refractivity contribution in [3.05, 3.63) is 71.0 Å². The quantitative estimate of drug-likeness (QED) is 0.585. The van der Waals surface area contributed by atoms with Gasteiger partial charge in [0.15, 0.2) is 0 Å². The first kappa shape index (κ1) is 19.4. The molecule has 144 valence electrons. The topological polar surface area (TPSA) is 76.1 Å².